The highest BCUT2D eigenvalue weighted by Gasteiger charge is 2.08. The molecule has 2 aromatic heterocycles. The first-order valence-corrected chi connectivity index (χ1v) is 5.69. The lowest BCUT2D eigenvalue weighted by atomic mass is 10.3. The van der Waals surface area contributed by atoms with E-state index in [-0.39, 0.29) is 5.82 Å². The Morgan fingerprint density at radius 2 is 2.29 bits per heavy atom. The fourth-order valence-electron chi connectivity index (χ4n) is 1.50. The number of thioether (sulfide) groups is 1. The predicted octanol–water partition coefficient (Wildman–Crippen LogP) is 2.76. The molecule has 0 radical (unpaired) electrons. The number of nitrogens with zero attached hydrogens (tertiary/aromatic N) is 2. The molecule has 2 nitrogen and oxygen atoms in total. The Balaban J connectivity index is 2.75. The third-order valence-electron chi connectivity index (χ3n) is 2.16. The molecule has 0 fully saturated rings. The van der Waals surface area contributed by atoms with Crippen LogP contribution in [0, 0.1) is 5.82 Å². The van der Waals surface area contributed by atoms with Crippen molar-refractivity contribution in [3.8, 4) is 0 Å². The SMILES string of the molecule is CCc1nc(SC)n2cc(F)ccc12. The molecule has 14 heavy (non-hydrogen) atoms. The Labute approximate surface area is 86.2 Å². The summed E-state index contributed by atoms with van der Waals surface area (Å²) in [6, 6.07) is 3.25. The maximum atomic E-state index is 13.0. The minimum absolute atomic E-state index is 0.229. The van der Waals surface area contributed by atoms with Crippen molar-refractivity contribution in [1.82, 2.24) is 9.38 Å². The van der Waals surface area contributed by atoms with Crippen molar-refractivity contribution < 1.29 is 4.39 Å². The molecule has 0 atom stereocenters. The van der Waals surface area contributed by atoms with Crippen molar-refractivity contribution in [2.45, 2.75) is 18.5 Å². The van der Waals surface area contributed by atoms with Crippen molar-refractivity contribution in [3.63, 3.8) is 0 Å². The second-order valence-electron chi connectivity index (χ2n) is 3.00. The highest BCUT2D eigenvalue weighted by Crippen LogP contribution is 2.20. The lowest BCUT2D eigenvalue weighted by Crippen LogP contribution is -1.88. The van der Waals surface area contributed by atoms with E-state index in [0.717, 1.165) is 22.8 Å². The summed E-state index contributed by atoms with van der Waals surface area (Å²) in [5.41, 5.74) is 2.02. The summed E-state index contributed by atoms with van der Waals surface area (Å²) in [5, 5.41) is 0.844. The topological polar surface area (TPSA) is 17.3 Å². The van der Waals surface area contributed by atoms with Crippen molar-refractivity contribution in [2.75, 3.05) is 6.26 Å². The van der Waals surface area contributed by atoms with Gasteiger partial charge in [0.2, 0.25) is 0 Å². The van der Waals surface area contributed by atoms with E-state index < -0.39 is 0 Å². The van der Waals surface area contributed by atoms with Gasteiger partial charge in [-0.15, -0.1) is 0 Å². The number of rotatable bonds is 2. The summed E-state index contributed by atoms with van der Waals surface area (Å²) in [7, 11) is 0. The maximum Gasteiger partial charge on any atom is 0.172 e. The molecule has 2 heterocycles. The number of aromatic nitrogens is 2. The highest BCUT2D eigenvalue weighted by molar-refractivity contribution is 7.98. The normalized spacial score (nSPS) is 11.1. The van der Waals surface area contributed by atoms with Crippen LogP contribution in [-0.4, -0.2) is 15.6 Å². The van der Waals surface area contributed by atoms with Gasteiger partial charge in [-0.3, -0.25) is 4.40 Å². The van der Waals surface area contributed by atoms with Crippen LogP contribution in [0.25, 0.3) is 5.52 Å². The van der Waals surface area contributed by atoms with Crippen molar-refractivity contribution in [3.05, 3.63) is 29.8 Å². The molecule has 0 saturated carbocycles. The highest BCUT2D eigenvalue weighted by atomic mass is 32.2. The van der Waals surface area contributed by atoms with E-state index in [1.807, 2.05) is 6.26 Å². The number of pyridine rings is 1. The molecule has 0 N–H and O–H groups in total. The lowest BCUT2D eigenvalue weighted by molar-refractivity contribution is 0.616. The first-order chi connectivity index (χ1) is 6.76. The van der Waals surface area contributed by atoms with Gasteiger partial charge in [0.05, 0.1) is 11.2 Å². The van der Waals surface area contributed by atoms with Crippen LogP contribution in [0.3, 0.4) is 0 Å². The fourth-order valence-corrected chi connectivity index (χ4v) is 2.05. The van der Waals surface area contributed by atoms with Gasteiger partial charge in [0.15, 0.2) is 5.16 Å². The van der Waals surface area contributed by atoms with Crippen LogP contribution < -0.4 is 0 Å². The van der Waals surface area contributed by atoms with Gasteiger partial charge >= 0.3 is 0 Å². The van der Waals surface area contributed by atoms with Crippen molar-refractivity contribution >= 4 is 17.3 Å². The van der Waals surface area contributed by atoms with Crippen LogP contribution >= 0.6 is 11.8 Å². The van der Waals surface area contributed by atoms with Gasteiger partial charge in [-0.05, 0) is 24.8 Å². The van der Waals surface area contributed by atoms with E-state index in [1.165, 1.54) is 24.0 Å². The van der Waals surface area contributed by atoms with Crippen LogP contribution in [-0.2, 0) is 6.42 Å². The Hall–Kier alpha value is -1.03. The first-order valence-electron chi connectivity index (χ1n) is 4.46. The Morgan fingerprint density at radius 3 is 2.93 bits per heavy atom. The van der Waals surface area contributed by atoms with Gasteiger partial charge in [0.1, 0.15) is 5.82 Å². The molecule has 0 aromatic carbocycles. The quantitative estimate of drug-likeness (QED) is 0.709. The van der Waals surface area contributed by atoms with Gasteiger partial charge in [0.25, 0.3) is 0 Å². The first kappa shape index (κ1) is 9.52. The monoisotopic (exact) mass is 210 g/mol. The molecular weight excluding hydrogens is 199 g/mol. The largest absolute Gasteiger partial charge is 0.292 e. The Bertz CT molecular complexity index is 464. The minimum atomic E-state index is -0.229. The summed E-state index contributed by atoms with van der Waals surface area (Å²) in [6.07, 6.45) is 4.29. The average molecular weight is 210 g/mol. The number of aryl methyl sites for hydroxylation is 1. The molecule has 0 unspecified atom stereocenters. The van der Waals surface area contributed by atoms with E-state index in [0.29, 0.717) is 0 Å². The molecule has 0 spiro atoms. The molecule has 4 heteroatoms. The van der Waals surface area contributed by atoms with Crippen LogP contribution in [0.2, 0.25) is 0 Å². The van der Waals surface area contributed by atoms with E-state index in [1.54, 1.807) is 10.5 Å². The Kier molecular flexibility index (Phi) is 2.46. The van der Waals surface area contributed by atoms with E-state index >= 15 is 0 Å². The van der Waals surface area contributed by atoms with Crippen LogP contribution in [0.5, 0.6) is 0 Å². The Morgan fingerprint density at radius 1 is 1.50 bits per heavy atom. The number of hydrogen-bond donors (Lipinski definition) is 0. The molecule has 2 aromatic rings. The van der Waals surface area contributed by atoms with Crippen LogP contribution in [0.15, 0.2) is 23.5 Å². The molecule has 0 aliphatic heterocycles. The van der Waals surface area contributed by atoms with Crippen LogP contribution in [0.4, 0.5) is 4.39 Å². The summed E-state index contributed by atoms with van der Waals surface area (Å²) in [6.45, 7) is 2.05. The fraction of sp³-hybridized carbons (Fsp3) is 0.300. The second kappa shape index (κ2) is 3.61. The molecule has 74 valence electrons. The summed E-state index contributed by atoms with van der Waals surface area (Å²) in [5.74, 6) is -0.229. The standard InChI is InChI=1S/C10H11FN2S/c1-3-8-9-5-4-7(11)6-13(9)10(12-8)14-2/h4-6H,3H2,1-2H3. The van der Waals surface area contributed by atoms with Gasteiger partial charge in [-0.1, -0.05) is 18.7 Å². The van der Waals surface area contributed by atoms with Crippen molar-refractivity contribution in [2.24, 2.45) is 0 Å². The predicted molar refractivity (Wildman–Crippen MR) is 56.3 cm³/mol. The smallest absolute Gasteiger partial charge is 0.172 e. The van der Waals surface area contributed by atoms with Crippen LogP contribution in [0.1, 0.15) is 12.6 Å². The lowest BCUT2D eigenvalue weighted by Gasteiger charge is -1.97. The molecule has 0 aliphatic carbocycles. The van der Waals surface area contributed by atoms with Gasteiger partial charge < -0.3 is 0 Å². The second-order valence-corrected chi connectivity index (χ2v) is 3.77. The zero-order valence-electron chi connectivity index (χ0n) is 8.12. The molecular formula is C10H11FN2S. The maximum absolute atomic E-state index is 13.0. The number of fused-ring (bicyclic) bond motifs is 1. The number of hydrogen-bond acceptors (Lipinski definition) is 2. The summed E-state index contributed by atoms with van der Waals surface area (Å²) >= 11 is 1.53. The van der Waals surface area contributed by atoms with Gasteiger partial charge in [0, 0.05) is 6.20 Å². The summed E-state index contributed by atoms with van der Waals surface area (Å²) < 4.78 is 14.8. The van der Waals surface area contributed by atoms with E-state index in [9.17, 15) is 4.39 Å². The number of halogens is 1. The van der Waals surface area contributed by atoms with Gasteiger partial charge in [-0.2, -0.15) is 0 Å². The number of imidazole rings is 1. The van der Waals surface area contributed by atoms with Gasteiger partial charge in [-0.25, -0.2) is 9.37 Å². The minimum Gasteiger partial charge on any atom is -0.292 e. The molecule has 0 aliphatic rings. The van der Waals surface area contributed by atoms with Crippen molar-refractivity contribution in [1.29, 1.82) is 0 Å². The molecule has 2 rings (SSSR count). The van der Waals surface area contributed by atoms with E-state index in [2.05, 4.69) is 11.9 Å². The summed E-state index contributed by atoms with van der Waals surface area (Å²) in [4.78, 5) is 4.43. The molecule has 0 amide bonds. The third kappa shape index (κ3) is 1.39. The van der Waals surface area contributed by atoms with E-state index in [4.69, 9.17) is 0 Å². The molecule has 0 bridgehead atoms. The average Bonchev–Trinajstić information content (AvgIpc) is 2.55. The molecule has 0 saturated heterocycles. The zero-order chi connectivity index (χ0) is 10.1. The third-order valence-corrected chi connectivity index (χ3v) is 2.82. The zero-order valence-corrected chi connectivity index (χ0v) is 8.94.